The van der Waals surface area contributed by atoms with Crippen molar-refractivity contribution in [3.63, 3.8) is 0 Å². The molecule has 190 valence electrons. The summed E-state index contributed by atoms with van der Waals surface area (Å²) in [6.45, 7) is 11.9. The second kappa shape index (κ2) is 11.2. The summed E-state index contributed by atoms with van der Waals surface area (Å²) in [5.74, 6) is 1.46. The summed E-state index contributed by atoms with van der Waals surface area (Å²) in [7, 11) is 1.77. The third-order valence-corrected chi connectivity index (χ3v) is 6.61. The number of nitrogens with zero attached hydrogens (tertiary/aromatic N) is 6. The molecule has 0 aromatic carbocycles. The van der Waals surface area contributed by atoms with E-state index in [4.69, 9.17) is 15.1 Å². The van der Waals surface area contributed by atoms with Gasteiger partial charge in [0.25, 0.3) is 0 Å². The SMILES string of the molecule is COC1(C)CN(CCCN=CC(C(C)=N)c2cnc3ccc(Nc4cc(C(C)C)cnn4)nc3c2)C1. The molecule has 1 aliphatic heterocycles. The molecule has 3 aromatic heterocycles. The highest BCUT2D eigenvalue weighted by molar-refractivity contribution is 6.01. The molecular formula is C27H36N8O. The van der Waals surface area contributed by atoms with Crippen molar-refractivity contribution in [2.45, 2.75) is 51.6 Å². The zero-order valence-electron chi connectivity index (χ0n) is 21.8. The van der Waals surface area contributed by atoms with Gasteiger partial charge in [0.1, 0.15) is 5.82 Å². The van der Waals surface area contributed by atoms with Crippen molar-refractivity contribution in [2.75, 3.05) is 38.6 Å². The maximum Gasteiger partial charge on any atom is 0.154 e. The summed E-state index contributed by atoms with van der Waals surface area (Å²) < 4.78 is 5.50. The third kappa shape index (κ3) is 6.27. The Morgan fingerprint density at radius 1 is 1.19 bits per heavy atom. The lowest BCUT2D eigenvalue weighted by molar-refractivity contribution is -0.110. The molecule has 1 atom stereocenters. The van der Waals surface area contributed by atoms with Crippen LogP contribution in [0.1, 0.15) is 57.1 Å². The van der Waals surface area contributed by atoms with E-state index in [0.29, 0.717) is 23.3 Å². The molecule has 1 fully saturated rings. The number of aliphatic imine (C=N–C) groups is 1. The summed E-state index contributed by atoms with van der Waals surface area (Å²) in [6, 6.07) is 7.79. The van der Waals surface area contributed by atoms with Crippen molar-refractivity contribution < 1.29 is 4.74 Å². The van der Waals surface area contributed by atoms with Crippen molar-refractivity contribution in [3.05, 3.63) is 47.8 Å². The van der Waals surface area contributed by atoms with E-state index in [0.717, 1.165) is 54.8 Å². The van der Waals surface area contributed by atoms with Crippen LogP contribution in [-0.4, -0.2) is 75.9 Å². The molecule has 9 heteroatoms. The van der Waals surface area contributed by atoms with Crippen LogP contribution in [0.15, 0.2) is 41.7 Å². The molecule has 1 aliphatic rings. The molecule has 0 bridgehead atoms. The Morgan fingerprint density at radius 3 is 2.72 bits per heavy atom. The number of hydrogen-bond acceptors (Lipinski definition) is 9. The highest BCUT2D eigenvalue weighted by Crippen LogP contribution is 2.24. The van der Waals surface area contributed by atoms with E-state index in [2.05, 4.69) is 51.2 Å². The first-order valence-electron chi connectivity index (χ1n) is 12.5. The number of hydrogen-bond donors (Lipinski definition) is 2. The van der Waals surface area contributed by atoms with E-state index in [-0.39, 0.29) is 11.5 Å². The quantitative estimate of drug-likeness (QED) is 0.300. The van der Waals surface area contributed by atoms with Gasteiger partial charge in [-0.1, -0.05) is 13.8 Å². The Balaban J connectivity index is 1.42. The smallest absolute Gasteiger partial charge is 0.154 e. The molecule has 0 radical (unpaired) electrons. The number of pyridine rings is 2. The highest BCUT2D eigenvalue weighted by atomic mass is 16.5. The first-order chi connectivity index (χ1) is 17.3. The van der Waals surface area contributed by atoms with Crippen LogP contribution in [0.25, 0.3) is 11.0 Å². The maximum absolute atomic E-state index is 8.31. The standard InChI is InChI=1S/C27H36N8O/c1-18(2)20-12-26(34-31-14-20)33-25-8-7-23-24(32-25)11-21(13-30-23)22(19(3)28)15-29-9-6-10-35-16-27(4,17-35)36-5/h7-8,11-15,18,22,28H,6,9-10,16-17H2,1-5H3,(H,32,33,34). The highest BCUT2D eigenvalue weighted by Gasteiger charge is 2.37. The first-order valence-corrected chi connectivity index (χ1v) is 12.5. The van der Waals surface area contributed by atoms with Gasteiger partial charge in [-0.05, 0) is 61.6 Å². The first kappa shape index (κ1) is 25.8. The van der Waals surface area contributed by atoms with Gasteiger partial charge in [-0.3, -0.25) is 14.9 Å². The van der Waals surface area contributed by atoms with Gasteiger partial charge in [-0.2, -0.15) is 5.10 Å². The molecule has 4 rings (SSSR count). The Hall–Kier alpha value is -3.30. The van der Waals surface area contributed by atoms with Gasteiger partial charge in [0, 0.05) is 51.4 Å². The number of rotatable bonds is 11. The van der Waals surface area contributed by atoms with Gasteiger partial charge in [0.15, 0.2) is 5.82 Å². The van der Waals surface area contributed by atoms with E-state index in [9.17, 15) is 0 Å². The number of methoxy groups -OCH3 is 1. The number of anilines is 2. The van der Waals surface area contributed by atoms with E-state index in [1.165, 1.54) is 0 Å². The molecule has 0 saturated carbocycles. The van der Waals surface area contributed by atoms with Crippen molar-refractivity contribution >= 4 is 34.6 Å². The van der Waals surface area contributed by atoms with Crippen LogP contribution in [0.3, 0.4) is 0 Å². The molecule has 36 heavy (non-hydrogen) atoms. The van der Waals surface area contributed by atoms with E-state index in [1.54, 1.807) is 20.2 Å². The van der Waals surface area contributed by atoms with Crippen LogP contribution in [-0.2, 0) is 4.74 Å². The minimum Gasteiger partial charge on any atom is -0.376 e. The summed E-state index contributed by atoms with van der Waals surface area (Å²) in [5, 5.41) is 19.8. The van der Waals surface area contributed by atoms with Crippen molar-refractivity contribution in [1.82, 2.24) is 25.1 Å². The van der Waals surface area contributed by atoms with E-state index < -0.39 is 0 Å². The van der Waals surface area contributed by atoms with Gasteiger partial charge in [0.2, 0.25) is 0 Å². The molecule has 1 unspecified atom stereocenters. The summed E-state index contributed by atoms with van der Waals surface area (Å²) in [6.07, 6.45) is 6.45. The molecular weight excluding hydrogens is 452 g/mol. The molecule has 9 nitrogen and oxygen atoms in total. The topological polar surface area (TPSA) is 112 Å². The second-order valence-electron chi connectivity index (χ2n) is 10.1. The summed E-state index contributed by atoms with van der Waals surface area (Å²) >= 11 is 0. The zero-order chi connectivity index (χ0) is 25.7. The van der Waals surface area contributed by atoms with Gasteiger partial charge < -0.3 is 15.5 Å². The van der Waals surface area contributed by atoms with Gasteiger partial charge in [-0.15, -0.1) is 5.10 Å². The number of nitrogens with one attached hydrogen (secondary N) is 2. The lowest BCUT2D eigenvalue weighted by atomic mass is 9.96. The minimum absolute atomic E-state index is 0.00365. The minimum atomic E-state index is -0.227. The van der Waals surface area contributed by atoms with E-state index >= 15 is 0 Å². The number of likely N-dealkylation sites (tertiary alicyclic amines) is 1. The van der Waals surface area contributed by atoms with Crippen LogP contribution >= 0.6 is 0 Å². The van der Waals surface area contributed by atoms with Crippen LogP contribution < -0.4 is 5.32 Å². The molecule has 2 N–H and O–H groups in total. The molecule has 0 amide bonds. The Kier molecular flexibility index (Phi) is 8.01. The van der Waals surface area contributed by atoms with Gasteiger partial charge in [0.05, 0.1) is 28.7 Å². The van der Waals surface area contributed by atoms with Crippen LogP contribution in [0, 0.1) is 5.41 Å². The average molecular weight is 489 g/mol. The van der Waals surface area contributed by atoms with Crippen LogP contribution in [0.4, 0.5) is 11.6 Å². The Labute approximate surface area is 212 Å². The van der Waals surface area contributed by atoms with Gasteiger partial charge in [-0.25, -0.2) is 4.98 Å². The molecule has 3 aromatic rings. The van der Waals surface area contributed by atoms with Gasteiger partial charge >= 0.3 is 0 Å². The molecule has 1 saturated heterocycles. The summed E-state index contributed by atoms with van der Waals surface area (Å²) in [5.41, 5.74) is 4.09. The molecule has 0 aliphatic carbocycles. The third-order valence-electron chi connectivity index (χ3n) is 6.61. The number of aromatic nitrogens is 4. The van der Waals surface area contributed by atoms with Crippen molar-refractivity contribution in [2.24, 2.45) is 4.99 Å². The fourth-order valence-corrected chi connectivity index (χ4v) is 4.35. The average Bonchev–Trinajstić information content (AvgIpc) is 2.84. The predicted molar refractivity (Wildman–Crippen MR) is 145 cm³/mol. The second-order valence-corrected chi connectivity index (χ2v) is 10.1. The molecule has 0 spiro atoms. The fourth-order valence-electron chi connectivity index (χ4n) is 4.35. The lowest BCUT2D eigenvalue weighted by Gasteiger charge is -2.46. The van der Waals surface area contributed by atoms with E-state index in [1.807, 2.05) is 36.7 Å². The normalized spacial score (nSPS) is 16.4. The predicted octanol–water partition coefficient (Wildman–Crippen LogP) is 4.59. The largest absolute Gasteiger partial charge is 0.376 e. The Bertz CT molecular complexity index is 1240. The maximum atomic E-state index is 8.31. The Morgan fingerprint density at radius 2 is 2.00 bits per heavy atom. The van der Waals surface area contributed by atoms with Crippen LogP contribution in [0.2, 0.25) is 0 Å². The number of fused-ring (bicyclic) bond motifs is 1. The fraction of sp³-hybridized carbons (Fsp3) is 0.481. The number of ether oxygens (including phenoxy) is 1. The lowest BCUT2D eigenvalue weighted by Crippen LogP contribution is -2.60. The van der Waals surface area contributed by atoms with Crippen molar-refractivity contribution in [3.8, 4) is 0 Å². The summed E-state index contributed by atoms with van der Waals surface area (Å²) in [4.78, 5) is 16.3. The monoisotopic (exact) mass is 488 g/mol. The molecule has 4 heterocycles. The van der Waals surface area contributed by atoms with Crippen molar-refractivity contribution in [1.29, 1.82) is 5.41 Å². The van der Waals surface area contributed by atoms with Crippen LogP contribution in [0.5, 0.6) is 0 Å². The zero-order valence-corrected chi connectivity index (χ0v) is 21.8.